The number of unbranched alkanes of at least 4 members (excludes halogenated alkanes) is 5. The number of sulfonamides is 1. The van der Waals surface area contributed by atoms with Gasteiger partial charge in [0.1, 0.15) is 10.7 Å². The van der Waals surface area contributed by atoms with Crippen molar-refractivity contribution in [3.63, 3.8) is 0 Å². The molecule has 120 valence electrons. The summed E-state index contributed by atoms with van der Waals surface area (Å²) in [4.78, 5) is -0.323. The fourth-order valence-electron chi connectivity index (χ4n) is 2.07. The number of halogens is 1. The first-order valence-electron chi connectivity index (χ1n) is 7.49. The maximum Gasteiger partial charge on any atom is 0.243 e. The summed E-state index contributed by atoms with van der Waals surface area (Å²) in [6.45, 7) is 2.67. The highest BCUT2D eigenvalue weighted by Crippen LogP contribution is 2.16. The van der Waals surface area contributed by atoms with Crippen molar-refractivity contribution in [3.05, 3.63) is 29.6 Å². The Bertz CT molecular complexity index is 532. The Morgan fingerprint density at radius 1 is 1.14 bits per heavy atom. The van der Waals surface area contributed by atoms with Gasteiger partial charge in [0.05, 0.1) is 0 Å². The third-order valence-corrected chi connectivity index (χ3v) is 4.82. The number of benzene rings is 1. The standard InChI is InChI=1S/C15H25FN2O2S/c1-2-3-4-5-6-7-10-18-21(19,20)15-11-13(12-17)8-9-14(15)16/h8-9,11,18H,2-7,10,12,17H2,1H3. The Morgan fingerprint density at radius 2 is 1.81 bits per heavy atom. The number of nitrogens with one attached hydrogen (secondary N) is 1. The Hall–Kier alpha value is -0.980. The van der Waals surface area contributed by atoms with Crippen LogP contribution in [0.1, 0.15) is 51.0 Å². The van der Waals surface area contributed by atoms with Gasteiger partial charge in [-0.05, 0) is 24.1 Å². The van der Waals surface area contributed by atoms with E-state index in [0.29, 0.717) is 12.1 Å². The molecule has 0 aromatic heterocycles. The SMILES string of the molecule is CCCCCCCCNS(=O)(=O)c1cc(CN)ccc1F. The van der Waals surface area contributed by atoms with Crippen molar-refractivity contribution in [2.45, 2.75) is 56.9 Å². The van der Waals surface area contributed by atoms with Crippen LogP contribution in [0.4, 0.5) is 4.39 Å². The van der Waals surface area contributed by atoms with Crippen molar-refractivity contribution < 1.29 is 12.8 Å². The van der Waals surface area contributed by atoms with Crippen molar-refractivity contribution in [1.82, 2.24) is 4.72 Å². The van der Waals surface area contributed by atoms with Crippen LogP contribution in [0.25, 0.3) is 0 Å². The highest BCUT2D eigenvalue weighted by molar-refractivity contribution is 7.89. The van der Waals surface area contributed by atoms with Crippen molar-refractivity contribution in [2.24, 2.45) is 5.73 Å². The Kier molecular flexibility index (Phi) is 7.85. The van der Waals surface area contributed by atoms with E-state index in [1.807, 2.05) is 0 Å². The molecule has 21 heavy (non-hydrogen) atoms. The topological polar surface area (TPSA) is 72.2 Å². The summed E-state index contributed by atoms with van der Waals surface area (Å²) in [7, 11) is -3.80. The quantitative estimate of drug-likeness (QED) is 0.652. The second-order valence-corrected chi connectivity index (χ2v) is 6.87. The van der Waals surface area contributed by atoms with Crippen molar-refractivity contribution in [3.8, 4) is 0 Å². The summed E-state index contributed by atoms with van der Waals surface area (Å²) in [5.74, 6) is -0.748. The minimum absolute atomic E-state index is 0.181. The summed E-state index contributed by atoms with van der Waals surface area (Å²) >= 11 is 0. The van der Waals surface area contributed by atoms with E-state index in [4.69, 9.17) is 5.73 Å². The van der Waals surface area contributed by atoms with Gasteiger partial charge in [0.25, 0.3) is 0 Å². The van der Waals surface area contributed by atoms with E-state index in [-0.39, 0.29) is 11.4 Å². The van der Waals surface area contributed by atoms with Crippen LogP contribution >= 0.6 is 0 Å². The van der Waals surface area contributed by atoms with Gasteiger partial charge in [-0.15, -0.1) is 0 Å². The van der Waals surface area contributed by atoms with Gasteiger partial charge in [0.2, 0.25) is 10.0 Å². The van der Waals surface area contributed by atoms with E-state index in [1.54, 1.807) is 0 Å². The molecular formula is C15H25FN2O2S. The Balaban J connectivity index is 2.50. The number of rotatable bonds is 10. The molecule has 1 aromatic carbocycles. The van der Waals surface area contributed by atoms with Crippen LogP contribution in [-0.4, -0.2) is 15.0 Å². The van der Waals surface area contributed by atoms with Gasteiger partial charge in [0.15, 0.2) is 0 Å². The zero-order valence-corrected chi connectivity index (χ0v) is 13.4. The lowest BCUT2D eigenvalue weighted by Gasteiger charge is -2.09. The maximum absolute atomic E-state index is 13.7. The molecule has 0 unspecified atom stereocenters. The van der Waals surface area contributed by atoms with Crippen molar-refractivity contribution in [1.29, 1.82) is 0 Å². The van der Waals surface area contributed by atoms with Gasteiger partial charge in [0, 0.05) is 13.1 Å². The molecule has 0 aliphatic carbocycles. The smallest absolute Gasteiger partial charge is 0.243 e. The lowest BCUT2D eigenvalue weighted by Crippen LogP contribution is -2.26. The largest absolute Gasteiger partial charge is 0.326 e. The van der Waals surface area contributed by atoms with Crippen LogP contribution in [0.15, 0.2) is 23.1 Å². The molecule has 1 aromatic rings. The zero-order valence-electron chi connectivity index (χ0n) is 12.6. The van der Waals surface area contributed by atoms with Crippen molar-refractivity contribution >= 4 is 10.0 Å². The molecule has 1 rings (SSSR count). The van der Waals surface area contributed by atoms with Gasteiger partial charge in [-0.25, -0.2) is 17.5 Å². The summed E-state index contributed by atoms with van der Waals surface area (Å²) in [5, 5.41) is 0. The van der Waals surface area contributed by atoms with Gasteiger partial charge in [-0.1, -0.05) is 45.1 Å². The molecule has 0 radical (unpaired) electrons. The van der Waals surface area contributed by atoms with E-state index in [0.717, 1.165) is 25.3 Å². The fourth-order valence-corrected chi connectivity index (χ4v) is 3.27. The molecule has 0 saturated heterocycles. The molecular weight excluding hydrogens is 291 g/mol. The van der Waals surface area contributed by atoms with Crippen LogP contribution in [0.5, 0.6) is 0 Å². The van der Waals surface area contributed by atoms with Gasteiger partial charge in [-0.2, -0.15) is 0 Å². The predicted octanol–water partition coefficient (Wildman–Crippen LogP) is 2.92. The van der Waals surface area contributed by atoms with E-state index < -0.39 is 15.8 Å². The van der Waals surface area contributed by atoms with E-state index in [2.05, 4.69) is 11.6 Å². The van der Waals surface area contributed by atoms with E-state index >= 15 is 0 Å². The monoisotopic (exact) mass is 316 g/mol. The molecule has 6 heteroatoms. The molecule has 0 heterocycles. The molecule has 0 aliphatic heterocycles. The number of hydrogen-bond acceptors (Lipinski definition) is 3. The van der Waals surface area contributed by atoms with Crippen molar-refractivity contribution in [2.75, 3.05) is 6.54 Å². The van der Waals surface area contributed by atoms with E-state index in [1.165, 1.54) is 31.4 Å². The lowest BCUT2D eigenvalue weighted by molar-refractivity contribution is 0.549. The summed E-state index contributed by atoms with van der Waals surface area (Å²) in [6, 6.07) is 3.92. The third-order valence-electron chi connectivity index (χ3n) is 3.34. The first-order valence-corrected chi connectivity index (χ1v) is 8.97. The minimum Gasteiger partial charge on any atom is -0.326 e. The third kappa shape index (κ3) is 6.11. The second-order valence-electron chi connectivity index (χ2n) is 5.13. The normalized spacial score (nSPS) is 11.8. The average Bonchev–Trinajstić information content (AvgIpc) is 2.46. The summed E-state index contributed by atoms with van der Waals surface area (Å²) in [5.41, 5.74) is 6.05. The predicted molar refractivity (Wildman–Crippen MR) is 82.9 cm³/mol. The lowest BCUT2D eigenvalue weighted by atomic mass is 10.1. The van der Waals surface area contributed by atoms with Gasteiger partial charge in [-0.3, -0.25) is 0 Å². The van der Waals surface area contributed by atoms with Crippen LogP contribution in [0.2, 0.25) is 0 Å². The highest BCUT2D eigenvalue weighted by Gasteiger charge is 2.18. The fraction of sp³-hybridized carbons (Fsp3) is 0.600. The molecule has 0 amide bonds. The Morgan fingerprint density at radius 3 is 2.48 bits per heavy atom. The average molecular weight is 316 g/mol. The molecule has 0 saturated carbocycles. The molecule has 4 nitrogen and oxygen atoms in total. The molecule has 0 atom stereocenters. The minimum atomic E-state index is -3.80. The van der Waals surface area contributed by atoms with Crippen LogP contribution in [0.3, 0.4) is 0 Å². The highest BCUT2D eigenvalue weighted by atomic mass is 32.2. The Labute approximate surface area is 127 Å². The van der Waals surface area contributed by atoms with E-state index in [9.17, 15) is 12.8 Å². The maximum atomic E-state index is 13.7. The van der Waals surface area contributed by atoms with Gasteiger partial charge >= 0.3 is 0 Å². The number of hydrogen-bond donors (Lipinski definition) is 2. The summed E-state index contributed by atoms with van der Waals surface area (Å²) < 4.78 is 40.2. The molecule has 0 fully saturated rings. The summed E-state index contributed by atoms with van der Waals surface area (Å²) in [6.07, 6.45) is 6.42. The van der Waals surface area contributed by atoms with Crippen LogP contribution in [0, 0.1) is 5.82 Å². The second kappa shape index (κ2) is 9.12. The number of nitrogens with two attached hydrogens (primary N) is 1. The molecule has 0 bridgehead atoms. The van der Waals surface area contributed by atoms with Crippen LogP contribution in [-0.2, 0) is 16.6 Å². The van der Waals surface area contributed by atoms with Gasteiger partial charge < -0.3 is 5.73 Å². The zero-order chi connectivity index (χ0) is 15.7. The molecule has 0 aliphatic rings. The van der Waals surface area contributed by atoms with Crippen LogP contribution < -0.4 is 10.5 Å². The molecule has 0 spiro atoms. The molecule has 3 N–H and O–H groups in total. The first-order chi connectivity index (χ1) is 10.0. The first kappa shape index (κ1) is 18.1.